The third-order valence-electron chi connectivity index (χ3n) is 2.10. The summed E-state index contributed by atoms with van der Waals surface area (Å²) in [6.07, 6.45) is 1.34. The Kier molecular flexibility index (Phi) is 5.51. The second-order valence-corrected chi connectivity index (χ2v) is 3.17. The number of rotatable bonds is 1. The maximum absolute atomic E-state index is 2.38. The fourth-order valence-electron chi connectivity index (χ4n) is 1.33. The molecule has 2 heteroatoms. The van der Waals surface area contributed by atoms with Gasteiger partial charge >= 0.3 is 0 Å². The van der Waals surface area contributed by atoms with Crippen LogP contribution in [0.5, 0.6) is 0 Å². The normalized spacial score (nSPS) is 25.1. The number of likely N-dealkylation sites (N-methyl/N-ethyl adjacent to an activating group) is 2. The summed E-state index contributed by atoms with van der Waals surface area (Å²) < 4.78 is 0. The molecule has 1 heterocycles. The Morgan fingerprint density at radius 2 is 1.82 bits per heavy atom. The van der Waals surface area contributed by atoms with E-state index in [4.69, 9.17) is 0 Å². The van der Waals surface area contributed by atoms with Crippen LogP contribution in [0.4, 0.5) is 0 Å². The van der Waals surface area contributed by atoms with Crippen molar-refractivity contribution in [3.63, 3.8) is 0 Å². The van der Waals surface area contributed by atoms with Crippen molar-refractivity contribution in [2.45, 2.75) is 26.3 Å². The maximum atomic E-state index is 2.38. The predicted molar refractivity (Wildman–Crippen MR) is 50.9 cm³/mol. The lowest BCUT2D eigenvalue weighted by Gasteiger charge is -2.17. The fourth-order valence-corrected chi connectivity index (χ4v) is 1.33. The van der Waals surface area contributed by atoms with Crippen LogP contribution in [0.15, 0.2) is 0 Å². The first-order chi connectivity index (χ1) is 5.20. The van der Waals surface area contributed by atoms with Gasteiger partial charge in [0.2, 0.25) is 0 Å². The maximum Gasteiger partial charge on any atom is 0.0229 e. The molecule has 0 bridgehead atoms. The third-order valence-corrected chi connectivity index (χ3v) is 2.10. The highest BCUT2D eigenvalue weighted by Gasteiger charge is 2.20. The lowest BCUT2D eigenvalue weighted by atomic mass is 10.2. The van der Waals surface area contributed by atoms with Crippen molar-refractivity contribution in [2.24, 2.45) is 0 Å². The first-order valence-corrected chi connectivity index (χ1v) is 4.55. The van der Waals surface area contributed by atoms with Crippen molar-refractivity contribution in [3.05, 3.63) is 0 Å². The van der Waals surface area contributed by atoms with Crippen molar-refractivity contribution in [1.29, 1.82) is 0 Å². The summed E-state index contributed by atoms with van der Waals surface area (Å²) in [5.74, 6) is 0. The van der Waals surface area contributed by atoms with Gasteiger partial charge in [-0.15, -0.1) is 0 Å². The SMILES string of the molecule is CC.CN1CC[C@@H](N(C)C)C1. The smallest absolute Gasteiger partial charge is 0.0229 e. The third kappa shape index (κ3) is 3.73. The van der Waals surface area contributed by atoms with E-state index in [9.17, 15) is 0 Å². The van der Waals surface area contributed by atoms with Crippen LogP contribution in [0.25, 0.3) is 0 Å². The molecule has 0 aromatic rings. The summed E-state index contributed by atoms with van der Waals surface area (Å²) in [6, 6.07) is 0.801. The minimum Gasteiger partial charge on any atom is -0.305 e. The van der Waals surface area contributed by atoms with Crippen LogP contribution < -0.4 is 0 Å². The van der Waals surface area contributed by atoms with Gasteiger partial charge in [0, 0.05) is 12.6 Å². The molecular weight excluding hydrogens is 136 g/mol. The van der Waals surface area contributed by atoms with E-state index in [-0.39, 0.29) is 0 Å². The predicted octanol–water partition coefficient (Wildman–Crippen LogP) is 1.28. The molecule has 1 rings (SSSR count). The molecule has 0 aromatic carbocycles. The quantitative estimate of drug-likeness (QED) is 0.567. The first kappa shape index (κ1) is 10.9. The van der Waals surface area contributed by atoms with Gasteiger partial charge in [0.1, 0.15) is 0 Å². The minimum absolute atomic E-state index is 0.801. The van der Waals surface area contributed by atoms with E-state index in [1.54, 1.807) is 0 Å². The first-order valence-electron chi connectivity index (χ1n) is 4.55. The zero-order chi connectivity index (χ0) is 8.85. The van der Waals surface area contributed by atoms with Gasteiger partial charge in [0.05, 0.1) is 0 Å². The van der Waals surface area contributed by atoms with Crippen LogP contribution in [0.3, 0.4) is 0 Å². The van der Waals surface area contributed by atoms with E-state index < -0.39 is 0 Å². The molecule has 0 spiro atoms. The molecule has 0 amide bonds. The summed E-state index contributed by atoms with van der Waals surface area (Å²) in [4.78, 5) is 4.69. The summed E-state index contributed by atoms with van der Waals surface area (Å²) in [5.41, 5.74) is 0. The summed E-state index contributed by atoms with van der Waals surface area (Å²) in [6.45, 7) is 6.51. The second kappa shape index (κ2) is 5.56. The van der Waals surface area contributed by atoms with Gasteiger partial charge in [-0.05, 0) is 34.1 Å². The lowest BCUT2D eigenvalue weighted by molar-refractivity contribution is 0.288. The molecule has 1 aliphatic rings. The number of hydrogen-bond acceptors (Lipinski definition) is 2. The van der Waals surface area contributed by atoms with Crippen LogP contribution in [0, 0.1) is 0 Å². The molecule has 1 aliphatic heterocycles. The molecule has 1 fully saturated rings. The molecule has 2 nitrogen and oxygen atoms in total. The van der Waals surface area contributed by atoms with Gasteiger partial charge in [-0.25, -0.2) is 0 Å². The van der Waals surface area contributed by atoms with E-state index in [2.05, 4.69) is 30.9 Å². The average molecular weight is 158 g/mol. The van der Waals surface area contributed by atoms with Crippen LogP contribution in [-0.2, 0) is 0 Å². The van der Waals surface area contributed by atoms with Crippen LogP contribution in [0.1, 0.15) is 20.3 Å². The fraction of sp³-hybridized carbons (Fsp3) is 1.00. The van der Waals surface area contributed by atoms with Crippen molar-refractivity contribution >= 4 is 0 Å². The Balaban J connectivity index is 0.000000461. The van der Waals surface area contributed by atoms with Crippen molar-refractivity contribution in [2.75, 3.05) is 34.2 Å². The molecular formula is C9H22N2. The number of hydrogen-bond donors (Lipinski definition) is 0. The molecule has 0 saturated carbocycles. The molecule has 0 N–H and O–H groups in total. The zero-order valence-electron chi connectivity index (χ0n) is 8.59. The van der Waals surface area contributed by atoms with Gasteiger partial charge in [0.25, 0.3) is 0 Å². The minimum atomic E-state index is 0.801. The van der Waals surface area contributed by atoms with E-state index in [0.717, 1.165) is 6.04 Å². The van der Waals surface area contributed by atoms with Crippen LogP contribution in [0.2, 0.25) is 0 Å². The van der Waals surface area contributed by atoms with Crippen LogP contribution >= 0.6 is 0 Å². The van der Waals surface area contributed by atoms with Gasteiger partial charge in [0.15, 0.2) is 0 Å². The Bertz CT molecular complexity index is 91.6. The molecule has 1 atom stereocenters. The standard InChI is InChI=1S/C7H16N2.C2H6/c1-8(2)7-4-5-9(3)6-7;1-2/h7H,4-6H2,1-3H3;1-2H3/t7-;/m1./s1. The molecule has 0 aliphatic carbocycles. The topological polar surface area (TPSA) is 6.48 Å². The summed E-state index contributed by atoms with van der Waals surface area (Å²) in [7, 11) is 6.50. The van der Waals surface area contributed by atoms with E-state index in [1.807, 2.05) is 13.8 Å². The molecule has 0 radical (unpaired) electrons. The van der Waals surface area contributed by atoms with Crippen molar-refractivity contribution in [3.8, 4) is 0 Å². The van der Waals surface area contributed by atoms with Gasteiger partial charge in [-0.2, -0.15) is 0 Å². The summed E-state index contributed by atoms with van der Waals surface area (Å²) >= 11 is 0. The largest absolute Gasteiger partial charge is 0.305 e. The van der Waals surface area contributed by atoms with Gasteiger partial charge in [-0.3, -0.25) is 0 Å². The lowest BCUT2D eigenvalue weighted by Crippen LogP contribution is -2.30. The highest BCUT2D eigenvalue weighted by atomic mass is 15.2. The van der Waals surface area contributed by atoms with Gasteiger partial charge in [-0.1, -0.05) is 13.8 Å². The summed E-state index contributed by atoms with van der Waals surface area (Å²) in [5, 5.41) is 0. The number of likely N-dealkylation sites (tertiary alicyclic amines) is 1. The average Bonchev–Trinajstić information content (AvgIpc) is 2.40. The highest BCUT2D eigenvalue weighted by Crippen LogP contribution is 2.09. The Labute approximate surface area is 71.2 Å². The highest BCUT2D eigenvalue weighted by molar-refractivity contribution is 4.77. The Hall–Kier alpha value is -0.0800. The van der Waals surface area contributed by atoms with Gasteiger partial charge < -0.3 is 9.80 Å². The van der Waals surface area contributed by atoms with Crippen LogP contribution in [-0.4, -0.2) is 50.1 Å². The second-order valence-electron chi connectivity index (χ2n) is 3.17. The van der Waals surface area contributed by atoms with Crippen molar-refractivity contribution < 1.29 is 0 Å². The molecule has 0 unspecified atom stereocenters. The van der Waals surface area contributed by atoms with E-state index in [1.165, 1.54) is 19.5 Å². The Morgan fingerprint density at radius 3 is 2.00 bits per heavy atom. The van der Waals surface area contributed by atoms with E-state index in [0.29, 0.717) is 0 Å². The van der Waals surface area contributed by atoms with Crippen molar-refractivity contribution in [1.82, 2.24) is 9.80 Å². The number of nitrogens with zero attached hydrogens (tertiary/aromatic N) is 2. The molecule has 1 saturated heterocycles. The molecule has 0 aromatic heterocycles. The van der Waals surface area contributed by atoms with E-state index >= 15 is 0 Å². The Morgan fingerprint density at radius 1 is 1.27 bits per heavy atom. The molecule has 11 heavy (non-hydrogen) atoms. The monoisotopic (exact) mass is 158 g/mol. The zero-order valence-corrected chi connectivity index (χ0v) is 8.59. The molecule has 68 valence electrons.